The van der Waals surface area contributed by atoms with E-state index in [1.807, 2.05) is 7.05 Å². The molecule has 1 saturated heterocycles. The van der Waals surface area contributed by atoms with E-state index in [0.29, 0.717) is 17.5 Å². The highest BCUT2D eigenvalue weighted by atomic mass is 19.2. The van der Waals surface area contributed by atoms with E-state index < -0.39 is 17.5 Å². The third-order valence-corrected chi connectivity index (χ3v) is 4.60. The highest BCUT2D eigenvalue weighted by Crippen LogP contribution is 2.36. The first-order valence-corrected chi connectivity index (χ1v) is 7.64. The summed E-state index contributed by atoms with van der Waals surface area (Å²) in [5.74, 6) is -3.28. The molecule has 1 aromatic carbocycles. The van der Waals surface area contributed by atoms with Crippen molar-refractivity contribution in [3.05, 3.63) is 35.1 Å². The van der Waals surface area contributed by atoms with Crippen LogP contribution in [0.4, 0.5) is 13.2 Å². The molecule has 2 nitrogen and oxygen atoms in total. The average molecular weight is 298 g/mol. The molecule has 1 aliphatic heterocycles. The molecule has 2 fully saturated rings. The molecule has 21 heavy (non-hydrogen) atoms. The first-order valence-electron chi connectivity index (χ1n) is 7.64. The van der Waals surface area contributed by atoms with E-state index >= 15 is 0 Å². The Bertz CT molecular complexity index is 493. The van der Waals surface area contributed by atoms with Crippen molar-refractivity contribution in [1.82, 2.24) is 10.2 Å². The second-order valence-corrected chi connectivity index (χ2v) is 6.31. The topological polar surface area (TPSA) is 15.3 Å². The molecule has 2 unspecified atom stereocenters. The van der Waals surface area contributed by atoms with E-state index in [1.165, 1.54) is 12.8 Å². The maximum Gasteiger partial charge on any atom is 0.194 e. The lowest BCUT2D eigenvalue weighted by molar-refractivity contribution is 0.118. The quantitative estimate of drug-likeness (QED) is 0.859. The Morgan fingerprint density at radius 1 is 1.14 bits per heavy atom. The minimum absolute atomic E-state index is 0.0606. The summed E-state index contributed by atoms with van der Waals surface area (Å²) in [4.78, 5) is 2.12. The second kappa shape index (κ2) is 5.97. The van der Waals surface area contributed by atoms with Crippen molar-refractivity contribution in [1.29, 1.82) is 0 Å². The van der Waals surface area contributed by atoms with Gasteiger partial charge in [0, 0.05) is 18.6 Å². The van der Waals surface area contributed by atoms with Gasteiger partial charge in [-0.1, -0.05) is 0 Å². The number of rotatable bonds is 4. The van der Waals surface area contributed by atoms with Crippen LogP contribution in [0, 0.1) is 23.4 Å². The number of nitrogens with one attached hydrogen (secondary N) is 1. The molecule has 0 aromatic heterocycles. The van der Waals surface area contributed by atoms with Crippen molar-refractivity contribution in [3.63, 3.8) is 0 Å². The number of nitrogens with zero attached hydrogens (tertiary/aromatic N) is 1. The fourth-order valence-electron chi connectivity index (χ4n) is 3.35. The Labute approximate surface area is 123 Å². The molecule has 0 bridgehead atoms. The molecule has 5 heteroatoms. The second-order valence-electron chi connectivity index (χ2n) is 6.31. The molecule has 2 atom stereocenters. The molecule has 0 radical (unpaired) electrons. The average Bonchev–Trinajstić information content (AvgIpc) is 3.26. The zero-order chi connectivity index (χ0) is 15.0. The largest absolute Gasteiger partial charge is 0.314 e. The lowest BCUT2D eigenvalue weighted by Crippen LogP contribution is -2.41. The number of halogens is 3. The Hall–Kier alpha value is -1.07. The first-order chi connectivity index (χ1) is 10.1. The fourth-order valence-corrected chi connectivity index (χ4v) is 3.35. The predicted octanol–water partition coefficient (Wildman–Crippen LogP) is 3.24. The molecular weight excluding hydrogens is 277 g/mol. The minimum atomic E-state index is -1.38. The van der Waals surface area contributed by atoms with Gasteiger partial charge >= 0.3 is 0 Å². The summed E-state index contributed by atoms with van der Waals surface area (Å²) in [5.41, 5.74) is 0.538. The van der Waals surface area contributed by atoms with Gasteiger partial charge in [0.1, 0.15) is 0 Å². The third kappa shape index (κ3) is 3.24. The number of hydrogen-bond donors (Lipinski definition) is 1. The van der Waals surface area contributed by atoms with Crippen LogP contribution in [-0.2, 0) is 0 Å². The van der Waals surface area contributed by atoms with Crippen molar-refractivity contribution >= 4 is 0 Å². The van der Waals surface area contributed by atoms with Gasteiger partial charge < -0.3 is 5.32 Å². The standard InChI is InChI=1S/C16H21F3N2/c1-21-6-2-3-10(9-20-12-4-5-12)16(21)11-7-13(17)15(19)14(18)8-11/h7-8,10,12,16,20H,2-6,9H2,1H3. The van der Waals surface area contributed by atoms with Crippen LogP contribution in [0.1, 0.15) is 37.3 Å². The Morgan fingerprint density at radius 2 is 1.81 bits per heavy atom. The number of hydrogen-bond acceptors (Lipinski definition) is 2. The lowest BCUT2D eigenvalue weighted by atomic mass is 9.84. The van der Waals surface area contributed by atoms with Crippen LogP contribution in [-0.4, -0.2) is 31.1 Å². The zero-order valence-corrected chi connectivity index (χ0v) is 12.2. The van der Waals surface area contributed by atoms with Gasteiger partial charge in [-0.2, -0.15) is 0 Å². The van der Waals surface area contributed by atoms with E-state index in [9.17, 15) is 13.2 Å². The summed E-state index contributed by atoms with van der Waals surface area (Å²) >= 11 is 0. The summed E-state index contributed by atoms with van der Waals surface area (Å²) < 4.78 is 40.2. The summed E-state index contributed by atoms with van der Waals surface area (Å²) in [7, 11) is 1.97. The molecule has 1 heterocycles. The van der Waals surface area contributed by atoms with Crippen LogP contribution < -0.4 is 5.32 Å². The van der Waals surface area contributed by atoms with E-state index in [-0.39, 0.29) is 6.04 Å². The highest BCUT2D eigenvalue weighted by Gasteiger charge is 2.33. The third-order valence-electron chi connectivity index (χ3n) is 4.60. The maximum absolute atomic E-state index is 13.5. The maximum atomic E-state index is 13.5. The number of piperidine rings is 1. The zero-order valence-electron chi connectivity index (χ0n) is 12.2. The SMILES string of the molecule is CN1CCCC(CNC2CC2)C1c1cc(F)c(F)c(F)c1. The molecular formula is C16H21F3N2. The number of likely N-dealkylation sites (tertiary alicyclic amines) is 1. The highest BCUT2D eigenvalue weighted by molar-refractivity contribution is 5.24. The normalized spacial score (nSPS) is 27.0. The summed E-state index contributed by atoms with van der Waals surface area (Å²) in [6, 6.07) is 2.85. The first kappa shape index (κ1) is 14.9. The van der Waals surface area contributed by atoms with Gasteiger partial charge in [-0.05, 0) is 62.9 Å². The van der Waals surface area contributed by atoms with Gasteiger partial charge in [-0.25, -0.2) is 13.2 Å². The van der Waals surface area contributed by atoms with Crippen molar-refractivity contribution in [2.75, 3.05) is 20.1 Å². The Kier molecular flexibility index (Phi) is 4.22. The lowest BCUT2D eigenvalue weighted by Gasteiger charge is -2.40. The van der Waals surface area contributed by atoms with Crippen molar-refractivity contribution in [3.8, 4) is 0 Å². The van der Waals surface area contributed by atoms with Gasteiger partial charge in [0.2, 0.25) is 0 Å². The van der Waals surface area contributed by atoms with E-state index in [1.54, 1.807) is 0 Å². The Balaban J connectivity index is 1.83. The minimum Gasteiger partial charge on any atom is -0.314 e. The molecule has 3 rings (SSSR count). The molecule has 116 valence electrons. The van der Waals surface area contributed by atoms with Crippen molar-refractivity contribution in [2.45, 2.75) is 37.8 Å². The van der Waals surface area contributed by atoms with E-state index in [2.05, 4.69) is 10.2 Å². The molecule has 1 aliphatic carbocycles. The van der Waals surface area contributed by atoms with Crippen LogP contribution >= 0.6 is 0 Å². The summed E-state index contributed by atoms with van der Waals surface area (Å²) in [5, 5.41) is 3.50. The molecule has 2 aliphatic rings. The Morgan fingerprint density at radius 3 is 2.43 bits per heavy atom. The van der Waals surface area contributed by atoms with Gasteiger partial charge in [0.25, 0.3) is 0 Å². The molecule has 0 amide bonds. The van der Waals surface area contributed by atoms with Crippen molar-refractivity contribution in [2.24, 2.45) is 5.92 Å². The van der Waals surface area contributed by atoms with Gasteiger partial charge in [0.05, 0.1) is 0 Å². The number of benzene rings is 1. The fraction of sp³-hybridized carbons (Fsp3) is 0.625. The van der Waals surface area contributed by atoms with Crippen LogP contribution in [0.5, 0.6) is 0 Å². The van der Waals surface area contributed by atoms with E-state index in [0.717, 1.165) is 38.1 Å². The molecule has 1 N–H and O–H groups in total. The van der Waals surface area contributed by atoms with Crippen LogP contribution in [0.2, 0.25) is 0 Å². The molecule has 1 aromatic rings. The van der Waals surface area contributed by atoms with Gasteiger partial charge in [-0.3, -0.25) is 4.90 Å². The van der Waals surface area contributed by atoms with Crippen LogP contribution in [0.3, 0.4) is 0 Å². The van der Waals surface area contributed by atoms with Crippen molar-refractivity contribution < 1.29 is 13.2 Å². The van der Waals surface area contributed by atoms with E-state index in [4.69, 9.17) is 0 Å². The molecule has 1 saturated carbocycles. The van der Waals surface area contributed by atoms with Crippen LogP contribution in [0.15, 0.2) is 12.1 Å². The smallest absolute Gasteiger partial charge is 0.194 e. The summed E-state index contributed by atoms with van der Waals surface area (Å²) in [6.07, 6.45) is 4.53. The predicted molar refractivity (Wildman–Crippen MR) is 75.4 cm³/mol. The van der Waals surface area contributed by atoms with Crippen LogP contribution in [0.25, 0.3) is 0 Å². The molecule has 0 spiro atoms. The monoisotopic (exact) mass is 298 g/mol. The van der Waals surface area contributed by atoms with Gasteiger partial charge in [-0.15, -0.1) is 0 Å². The summed E-state index contributed by atoms with van der Waals surface area (Å²) in [6.45, 7) is 1.74. The van der Waals surface area contributed by atoms with Gasteiger partial charge in [0.15, 0.2) is 17.5 Å².